The van der Waals surface area contributed by atoms with Crippen molar-refractivity contribution in [3.8, 4) is 0 Å². The lowest BCUT2D eigenvalue weighted by Gasteiger charge is -2.06. The zero-order chi connectivity index (χ0) is 11.6. The predicted octanol–water partition coefficient (Wildman–Crippen LogP) is 1.91. The van der Waals surface area contributed by atoms with Crippen molar-refractivity contribution < 1.29 is 13.2 Å². The number of benzene rings is 1. The molecule has 0 atom stereocenters. The molecule has 0 amide bonds. The quantitative estimate of drug-likeness (QED) is 0.830. The molecule has 1 rings (SSSR count). The van der Waals surface area contributed by atoms with E-state index in [4.69, 9.17) is 11.6 Å². The van der Waals surface area contributed by atoms with E-state index >= 15 is 0 Å². The van der Waals surface area contributed by atoms with Crippen molar-refractivity contribution in [1.82, 2.24) is 0 Å². The Kier molecular flexibility index (Phi) is 3.36. The third kappa shape index (κ3) is 3.53. The molecule has 1 aromatic carbocycles. The Morgan fingerprint density at radius 3 is 2.40 bits per heavy atom. The third-order valence-electron chi connectivity index (χ3n) is 1.67. The molecule has 1 N–H and O–H groups in total. The Morgan fingerprint density at radius 2 is 2.00 bits per heavy atom. The molecule has 4 nitrogen and oxygen atoms in total. The summed E-state index contributed by atoms with van der Waals surface area (Å²) < 4.78 is 24.1. The van der Waals surface area contributed by atoms with Crippen LogP contribution in [0.1, 0.15) is 17.3 Å². The summed E-state index contributed by atoms with van der Waals surface area (Å²) in [5.74, 6) is -0.122. The summed E-state index contributed by atoms with van der Waals surface area (Å²) in [5.41, 5.74) is 0.711. The molecule has 0 spiro atoms. The number of rotatable bonds is 3. The number of nitrogens with one attached hydrogen (secondary N) is 1. The SMILES string of the molecule is CC(=O)c1ccc(NS(C)(=O)=O)c(Cl)c1. The molecule has 0 bridgehead atoms. The molecule has 0 saturated heterocycles. The van der Waals surface area contributed by atoms with E-state index in [-0.39, 0.29) is 16.5 Å². The normalized spacial score (nSPS) is 11.1. The maximum Gasteiger partial charge on any atom is 0.229 e. The van der Waals surface area contributed by atoms with E-state index in [1.54, 1.807) is 0 Å². The van der Waals surface area contributed by atoms with E-state index < -0.39 is 10.0 Å². The monoisotopic (exact) mass is 247 g/mol. The summed E-state index contributed by atoms with van der Waals surface area (Å²) in [6.07, 6.45) is 1.03. The molecule has 0 aliphatic heterocycles. The highest BCUT2D eigenvalue weighted by Crippen LogP contribution is 2.23. The van der Waals surface area contributed by atoms with Gasteiger partial charge in [-0.1, -0.05) is 11.6 Å². The largest absolute Gasteiger partial charge is 0.295 e. The van der Waals surface area contributed by atoms with E-state index in [1.165, 1.54) is 25.1 Å². The lowest BCUT2D eigenvalue weighted by atomic mass is 10.1. The van der Waals surface area contributed by atoms with Crippen LogP contribution < -0.4 is 4.72 Å². The molecule has 15 heavy (non-hydrogen) atoms. The summed E-state index contributed by atoms with van der Waals surface area (Å²) in [7, 11) is -3.35. The molecular weight excluding hydrogens is 238 g/mol. The van der Waals surface area contributed by atoms with Gasteiger partial charge in [-0.3, -0.25) is 9.52 Å². The van der Waals surface area contributed by atoms with Crippen molar-refractivity contribution in [2.45, 2.75) is 6.92 Å². The minimum absolute atomic E-state index is 0.122. The molecule has 0 saturated carbocycles. The number of halogens is 1. The molecule has 6 heteroatoms. The molecule has 1 aromatic rings. The van der Waals surface area contributed by atoms with Crippen LogP contribution in [0, 0.1) is 0 Å². The number of ketones is 1. The first kappa shape index (κ1) is 12.0. The first-order valence-corrected chi connectivity index (χ1v) is 6.35. The molecule has 0 aliphatic rings. The fourth-order valence-corrected chi connectivity index (χ4v) is 1.88. The van der Waals surface area contributed by atoms with Crippen LogP contribution in [0.4, 0.5) is 5.69 Å². The van der Waals surface area contributed by atoms with Crippen LogP contribution >= 0.6 is 11.6 Å². The molecule has 82 valence electrons. The lowest BCUT2D eigenvalue weighted by molar-refractivity contribution is 0.101. The van der Waals surface area contributed by atoms with Crippen molar-refractivity contribution in [2.24, 2.45) is 0 Å². The van der Waals surface area contributed by atoms with Gasteiger partial charge in [0.25, 0.3) is 0 Å². The van der Waals surface area contributed by atoms with E-state index in [0.29, 0.717) is 5.56 Å². The Hall–Kier alpha value is -1.07. The van der Waals surface area contributed by atoms with E-state index in [2.05, 4.69) is 4.72 Å². The van der Waals surface area contributed by atoms with Crippen LogP contribution in [0.3, 0.4) is 0 Å². The average Bonchev–Trinajstić information content (AvgIpc) is 2.05. The van der Waals surface area contributed by atoms with Crippen molar-refractivity contribution in [3.05, 3.63) is 28.8 Å². The second-order valence-corrected chi connectivity index (χ2v) is 5.28. The number of hydrogen-bond donors (Lipinski definition) is 1. The van der Waals surface area contributed by atoms with Crippen LogP contribution in [-0.4, -0.2) is 20.5 Å². The fourth-order valence-electron chi connectivity index (χ4n) is 1.02. The van der Waals surface area contributed by atoms with Gasteiger partial charge >= 0.3 is 0 Å². The second kappa shape index (κ2) is 4.20. The number of Topliss-reactive ketones (excluding diaryl/α,β-unsaturated/α-hetero) is 1. The first-order valence-electron chi connectivity index (χ1n) is 4.08. The lowest BCUT2D eigenvalue weighted by Crippen LogP contribution is -2.10. The van der Waals surface area contributed by atoms with Gasteiger partial charge in [0, 0.05) is 5.56 Å². The number of hydrogen-bond acceptors (Lipinski definition) is 3. The zero-order valence-corrected chi connectivity index (χ0v) is 9.82. The van der Waals surface area contributed by atoms with Crippen molar-refractivity contribution in [3.63, 3.8) is 0 Å². The predicted molar refractivity (Wildman–Crippen MR) is 59.9 cm³/mol. The Balaban J connectivity index is 3.09. The van der Waals surface area contributed by atoms with Crippen LogP contribution in [-0.2, 0) is 10.0 Å². The molecule has 0 fully saturated rings. The van der Waals surface area contributed by atoms with Gasteiger partial charge in [0.2, 0.25) is 10.0 Å². The van der Waals surface area contributed by atoms with Gasteiger partial charge in [-0.15, -0.1) is 0 Å². The van der Waals surface area contributed by atoms with Gasteiger partial charge in [-0.25, -0.2) is 8.42 Å². The van der Waals surface area contributed by atoms with Gasteiger partial charge in [0.1, 0.15) is 0 Å². The second-order valence-electron chi connectivity index (χ2n) is 3.13. The third-order valence-corrected chi connectivity index (χ3v) is 2.57. The van der Waals surface area contributed by atoms with Crippen molar-refractivity contribution >= 4 is 33.1 Å². The molecular formula is C9H10ClNO3S. The summed E-state index contributed by atoms with van der Waals surface area (Å²) in [6, 6.07) is 4.40. The van der Waals surface area contributed by atoms with Crippen LogP contribution in [0.5, 0.6) is 0 Å². The van der Waals surface area contributed by atoms with Crippen LogP contribution in [0.15, 0.2) is 18.2 Å². The summed E-state index contributed by atoms with van der Waals surface area (Å²) in [4.78, 5) is 11.0. The summed E-state index contributed by atoms with van der Waals surface area (Å²) in [6.45, 7) is 1.41. The van der Waals surface area contributed by atoms with Gasteiger partial charge < -0.3 is 0 Å². The Bertz CT molecular complexity index is 496. The van der Waals surface area contributed by atoms with Crippen LogP contribution in [0.2, 0.25) is 5.02 Å². The number of carbonyl (C=O) groups excluding carboxylic acids is 1. The smallest absolute Gasteiger partial charge is 0.229 e. The highest BCUT2D eigenvalue weighted by Gasteiger charge is 2.08. The molecule has 0 radical (unpaired) electrons. The Morgan fingerprint density at radius 1 is 1.40 bits per heavy atom. The van der Waals surface area contributed by atoms with Gasteiger partial charge in [0.15, 0.2) is 5.78 Å². The molecule has 0 aromatic heterocycles. The van der Waals surface area contributed by atoms with Crippen molar-refractivity contribution in [1.29, 1.82) is 0 Å². The molecule has 0 heterocycles. The highest BCUT2D eigenvalue weighted by molar-refractivity contribution is 7.92. The van der Waals surface area contributed by atoms with Gasteiger partial charge in [0.05, 0.1) is 17.0 Å². The standard InChI is InChI=1S/C9H10ClNO3S/c1-6(12)7-3-4-9(8(10)5-7)11-15(2,13)14/h3-5,11H,1-2H3. The zero-order valence-electron chi connectivity index (χ0n) is 8.24. The van der Waals surface area contributed by atoms with Crippen LogP contribution in [0.25, 0.3) is 0 Å². The minimum atomic E-state index is -3.35. The van der Waals surface area contributed by atoms with E-state index in [1.807, 2.05) is 0 Å². The number of carbonyl (C=O) groups is 1. The highest BCUT2D eigenvalue weighted by atomic mass is 35.5. The fraction of sp³-hybridized carbons (Fsp3) is 0.222. The number of sulfonamides is 1. The molecule has 0 aliphatic carbocycles. The summed E-state index contributed by atoms with van der Waals surface area (Å²) >= 11 is 5.80. The maximum absolute atomic E-state index is 11.0. The summed E-state index contributed by atoms with van der Waals surface area (Å²) in [5, 5.41) is 0.202. The Labute approximate surface area is 93.3 Å². The van der Waals surface area contributed by atoms with Crippen molar-refractivity contribution in [2.75, 3.05) is 11.0 Å². The molecule has 0 unspecified atom stereocenters. The van der Waals surface area contributed by atoms with E-state index in [9.17, 15) is 13.2 Å². The average molecular weight is 248 g/mol. The van der Waals surface area contributed by atoms with Gasteiger partial charge in [-0.05, 0) is 25.1 Å². The topological polar surface area (TPSA) is 63.2 Å². The van der Waals surface area contributed by atoms with E-state index in [0.717, 1.165) is 6.26 Å². The first-order chi connectivity index (χ1) is 6.79. The minimum Gasteiger partial charge on any atom is -0.295 e. The van der Waals surface area contributed by atoms with Gasteiger partial charge in [-0.2, -0.15) is 0 Å². The maximum atomic E-state index is 11.0. The number of anilines is 1.